The van der Waals surface area contributed by atoms with Crippen LogP contribution >= 0.6 is 36.4 Å². The Bertz CT molecular complexity index is 716. The Morgan fingerprint density at radius 3 is 2.59 bits per heavy atom. The molecule has 150 valence electrons. The number of amides is 1. The van der Waals surface area contributed by atoms with Crippen LogP contribution in [0, 0.1) is 5.92 Å². The van der Waals surface area contributed by atoms with Gasteiger partial charge in [-0.2, -0.15) is 0 Å². The molecular weight excluding hydrogens is 409 g/mol. The lowest BCUT2D eigenvalue weighted by Crippen LogP contribution is -2.38. The molecule has 0 aliphatic carbocycles. The largest absolute Gasteiger partial charge is 0.467 e. The lowest BCUT2D eigenvalue weighted by Gasteiger charge is -2.32. The van der Waals surface area contributed by atoms with Crippen LogP contribution in [0.3, 0.4) is 0 Å². The summed E-state index contributed by atoms with van der Waals surface area (Å²) in [6, 6.07) is 9.69. The fourth-order valence-electron chi connectivity index (χ4n) is 3.16. The van der Waals surface area contributed by atoms with Gasteiger partial charge in [0.05, 0.1) is 12.1 Å². The van der Waals surface area contributed by atoms with Crippen LogP contribution in [-0.4, -0.2) is 30.4 Å². The first-order valence-corrected chi connectivity index (χ1v) is 9.05. The molecule has 8 heteroatoms. The number of halogens is 3. The Balaban J connectivity index is 0.00000182. The highest BCUT2D eigenvalue weighted by Gasteiger charge is 2.20. The van der Waals surface area contributed by atoms with E-state index in [2.05, 4.69) is 16.3 Å². The zero-order chi connectivity index (χ0) is 17.6. The van der Waals surface area contributed by atoms with E-state index in [1.165, 1.54) is 11.8 Å². The Hall–Kier alpha value is -1.24. The minimum absolute atomic E-state index is 0. The smallest absolute Gasteiger partial charge is 0.254 e. The van der Waals surface area contributed by atoms with E-state index in [0.717, 1.165) is 37.5 Å². The number of hydrogen-bond donors (Lipinski definition) is 2. The van der Waals surface area contributed by atoms with Crippen LogP contribution in [0.15, 0.2) is 41.0 Å². The van der Waals surface area contributed by atoms with Crippen LogP contribution in [0.25, 0.3) is 0 Å². The van der Waals surface area contributed by atoms with Crippen molar-refractivity contribution in [2.45, 2.75) is 25.9 Å². The minimum Gasteiger partial charge on any atom is -0.467 e. The number of furan rings is 1. The number of carbonyl (C=O) groups excluding carboxylic acids is 1. The molecule has 2 aromatic rings. The van der Waals surface area contributed by atoms with Crippen LogP contribution in [0.2, 0.25) is 5.02 Å². The summed E-state index contributed by atoms with van der Waals surface area (Å²) in [5.41, 5.74) is 7.20. The predicted molar refractivity (Wildman–Crippen MR) is 113 cm³/mol. The molecule has 27 heavy (non-hydrogen) atoms. The maximum Gasteiger partial charge on any atom is 0.254 e. The molecule has 1 saturated heterocycles. The third-order valence-electron chi connectivity index (χ3n) is 4.73. The van der Waals surface area contributed by atoms with Gasteiger partial charge in [0.2, 0.25) is 0 Å². The topological polar surface area (TPSA) is 71.5 Å². The summed E-state index contributed by atoms with van der Waals surface area (Å²) in [7, 11) is 0. The molecular formula is C19H26Cl3N3O2. The Morgan fingerprint density at radius 2 is 1.96 bits per heavy atom. The lowest BCUT2D eigenvalue weighted by molar-refractivity contribution is 0.0934. The van der Waals surface area contributed by atoms with Crippen molar-refractivity contribution in [2.24, 2.45) is 11.7 Å². The zero-order valence-corrected chi connectivity index (χ0v) is 17.4. The van der Waals surface area contributed by atoms with Gasteiger partial charge in [-0.15, -0.1) is 24.8 Å². The number of nitrogens with two attached hydrogens (primary N) is 1. The highest BCUT2D eigenvalue weighted by atomic mass is 35.5. The van der Waals surface area contributed by atoms with Gasteiger partial charge in [-0.1, -0.05) is 29.8 Å². The van der Waals surface area contributed by atoms with Crippen molar-refractivity contribution >= 4 is 42.3 Å². The monoisotopic (exact) mass is 433 g/mol. The standard InChI is InChI=1S/C19H24ClN3O2.2ClH/c20-18-4-2-1-3-15(18)12-23-7-5-14(6-8-23)11-22-19(24)16-9-17(10-21)25-13-16;;/h1-4,9,13-14H,5-8,10-12,21H2,(H,22,24);2*1H. The maximum atomic E-state index is 12.1. The number of nitrogens with zero attached hydrogens (tertiary/aromatic N) is 1. The molecule has 1 aromatic heterocycles. The summed E-state index contributed by atoms with van der Waals surface area (Å²) in [6.07, 6.45) is 3.61. The number of hydrogen-bond acceptors (Lipinski definition) is 4. The average molecular weight is 435 g/mol. The molecule has 1 fully saturated rings. The van der Waals surface area contributed by atoms with Crippen molar-refractivity contribution in [2.75, 3.05) is 19.6 Å². The summed E-state index contributed by atoms with van der Waals surface area (Å²) >= 11 is 6.24. The zero-order valence-electron chi connectivity index (χ0n) is 15.0. The highest BCUT2D eigenvalue weighted by molar-refractivity contribution is 6.31. The number of benzene rings is 1. The van der Waals surface area contributed by atoms with Crippen molar-refractivity contribution in [3.63, 3.8) is 0 Å². The normalized spacial score (nSPS) is 14.9. The van der Waals surface area contributed by atoms with E-state index in [1.54, 1.807) is 6.07 Å². The summed E-state index contributed by atoms with van der Waals surface area (Å²) in [6.45, 7) is 3.93. The van der Waals surface area contributed by atoms with Gasteiger partial charge in [0, 0.05) is 18.1 Å². The SMILES string of the molecule is Cl.Cl.NCc1cc(C(=O)NCC2CCN(Cc3ccccc3Cl)CC2)co1. The van der Waals surface area contributed by atoms with Gasteiger partial charge < -0.3 is 15.5 Å². The summed E-state index contributed by atoms with van der Waals surface area (Å²) in [4.78, 5) is 14.5. The molecule has 0 unspecified atom stereocenters. The molecule has 3 N–H and O–H groups in total. The van der Waals surface area contributed by atoms with Gasteiger partial charge in [-0.05, 0) is 49.5 Å². The molecule has 1 aromatic carbocycles. The Morgan fingerprint density at radius 1 is 1.26 bits per heavy atom. The van der Waals surface area contributed by atoms with E-state index in [4.69, 9.17) is 21.8 Å². The average Bonchev–Trinajstić information content (AvgIpc) is 3.12. The second-order valence-corrected chi connectivity index (χ2v) is 6.93. The van der Waals surface area contributed by atoms with Gasteiger partial charge in [0.15, 0.2) is 0 Å². The van der Waals surface area contributed by atoms with Crippen LogP contribution in [0.5, 0.6) is 0 Å². The fourth-order valence-corrected chi connectivity index (χ4v) is 3.36. The van der Waals surface area contributed by atoms with Gasteiger partial charge in [0.25, 0.3) is 5.91 Å². The first-order chi connectivity index (χ1) is 12.2. The Kier molecular flexibility index (Phi) is 10.2. The third-order valence-corrected chi connectivity index (χ3v) is 5.10. The van der Waals surface area contributed by atoms with Gasteiger partial charge in [-0.3, -0.25) is 9.69 Å². The summed E-state index contributed by atoms with van der Waals surface area (Å²) in [5.74, 6) is 1.03. The highest BCUT2D eigenvalue weighted by Crippen LogP contribution is 2.22. The molecule has 1 aliphatic rings. The van der Waals surface area contributed by atoms with Crippen LogP contribution in [-0.2, 0) is 13.1 Å². The van der Waals surface area contributed by atoms with E-state index in [0.29, 0.717) is 30.3 Å². The second kappa shape index (κ2) is 11.6. The van der Waals surface area contributed by atoms with Crippen LogP contribution in [0.1, 0.15) is 34.5 Å². The quantitative estimate of drug-likeness (QED) is 0.724. The van der Waals surface area contributed by atoms with Crippen molar-refractivity contribution in [3.05, 3.63) is 58.5 Å². The first kappa shape index (κ1) is 23.8. The van der Waals surface area contributed by atoms with E-state index >= 15 is 0 Å². The minimum atomic E-state index is -0.0954. The third kappa shape index (κ3) is 6.70. The molecule has 0 spiro atoms. The van der Waals surface area contributed by atoms with Crippen molar-refractivity contribution in [1.82, 2.24) is 10.2 Å². The number of carbonyl (C=O) groups is 1. The number of nitrogens with one attached hydrogen (secondary N) is 1. The first-order valence-electron chi connectivity index (χ1n) is 8.67. The van der Waals surface area contributed by atoms with Gasteiger partial charge in [0.1, 0.15) is 12.0 Å². The maximum absolute atomic E-state index is 12.1. The van der Waals surface area contributed by atoms with Gasteiger partial charge >= 0.3 is 0 Å². The molecule has 2 heterocycles. The van der Waals surface area contributed by atoms with E-state index in [-0.39, 0.29) is 30.7 Å². The van der Waals surface area contributed by atoms with Crippen LogP contribution in [0.4, 0.5) is 0 Å². The molecule has 0 radical (unpaired) electrons. The molecule has 0 bridgehead atoms. The number of rotatable bonds is 6. The molecule has 1 amide bonds. The molecule has 0 saturated carbocycles. The molecule has 3 rings (SSSR count). The van der Waals surface area contributed by atoms with Crippen LogP contribution < -0.4 is 11.1 Å². The fraction of sp³-hybridized carbons (Fsp3) is 0.421. The summed E-state index contributed by atoms with van der Waals surface area (Å²) in [5, 5.41) is 3.83. The van der Waals surface area contributed by atoms with Crippen molar-refractivity contribution in [1.29, 1.82) is 0 Å². The number of likely N-dealkylation sites (tertiary alicyclic amines) is 1. The van der Waals surface area contributed by atoms with E-state index < -0.39 is 0 Å². The molecule has 0 atom stereocenters. The van der Waals surface area contributed by atoms with Crippen molar-refractivity contribution < 1.29 is 9.21 Å². The lowest BCUT2D eigenvalue weighted by atomic mass is 9.96. The predicted octanol–water partition coefficient (Wildman–Crippen LogP) is 3.88. The van der Waals surface area contributed by atoms with Crippen molar-refractivity contribution in [3.8, 4) is 0 Å². The van der Waals surface area contributed by atoms with Gasteiger partial charge in [-0.25, -0.2) is 0 Å². The van der Waals surface area contributed by atoms with E-state index in [1.807, 2.05) is 18.2 Å². The summed E-state index contributed by atoms with van der Waals surface area (Å²) < 4.78 is 5.20. The van der Waals surface area contributed by atoms with E-state index in [9.17, 15) is 4.79 Å². The second-order valence-electron chi connectivity index (χ2n) is 6.53. The molecule has 1 aliphatic heterocycles. The molecule has 5 nitrogen and oxygen atoms in total. The Labute approximate surface area is 177 Å². The number of piperidine rings is 1.